The molecule has 0 saturated heterocycles. The minimum Gasteiger partial charge on any atom is -0.393 e. The van der Waals surface area contributed by atoms with Gasteiger partial charge in [0.2, 0.25) is 17.6 Å². The van der Waals surface area contributed by atoms with Gasteiger partial charge in [-0.25, -0.2) is 0 Å². The summed E-state index contributed by atoms with van der Waals surface area (Å²) in [4.78, 5) is 17.2. The molecule has 1 fully saturated rings. The Hall–Kier alpha value is -1.73. The summed E-state index contributed by atoms with van der Waals surface area (Å²) in [5.41, 5.74) is 0. The van der Waals surface area contributed by atoms with Crippen molar-refractivity contribution in [2.75, 3.05) is 0 Å². The minimum absolute atomic E-state index is 0.00253. The first-order valence-electron chi connectivity index (χ1n) is 7.54. The van der Waals surface area contributed by atoms with Crippen molar-refractivity contribution in [2.24, 2.45) is 0 Å². The monoisotopic (exact) mass is 321 g/mol. The molecule has 2 aromatic heterocycles. The Labute approximate surface area is 132 Å². The summed E-state index contributed by atoms with van der Waals surface area (Å²) < 4.78 is 5.18. The topological polar surface area (TPSA) is 88.2 Å². The number of carbonyl (C=O) groups is 1. The Bertz CT molecular complexity index is 603. The standard InChI is InChI=1S/C15H19N3O3S/c19-11-5-3-10(4-6-11)16-13(20)7-8-14-17-15(18-21-14)12-2-1-9-22-12/h1-2,9-11,19H,3-8H2,(H,16,20). The van der Waals surface area contributed by atoms with E-state index in [0.29, 0.717) is 24.6 Å². The Morgan fingerprint density at radius 1 is 1.41 bits per heavy atom. The number of hydrogen-bond donors (Lipinski definition) is 2. The van der Waals surface area contributed by atoms with E-state index in [1.807, 2.05) is 17.5 Å². The fraction of sp³-hybridized carbons (Fsp3) is 0.533. The zero-order valence-electron chi connectivity index (χ0n) is 12.2. The summed E-state index contributed by atoms with van der Waals surface area (Å²) in [6.07, 6.45) is 3.79. The van der Waals surface area contributed by atoms with E-state index in [-0.39, 0.29) is 18.1 Å². The first kappa shape index (κ1) is 15.2. The van der Waals surface area contributed by atoms with Gasteiger partial charge < -0.3 is 14.9 Å². The maximum atomic E-state index is 11.9. The molecule has 7 heteroatoms. The van der Waals surface area contributed by atoms with Crippen LogP contribution in [0.4, 0.5) is 0 Å². The molecule has 1 aliphatic rings. The number of aliphatic hydroxyl groups is 1. The van der Waals surface area contributed by atoms with Crippen molar-refractivity contribution in [3.63, 3.8) is 0 Å². The van der Waals surface area contributed by atoms with E-state index >= 15 is 0 Å². The molecule has 2 N–H and O–H groups in total. The highest BCUT2D eigenvalue weighted by molar-refractivity contribution is 7.13. The number of hydrogen-bond acceptors (Lipinski definition) is 6. The van der Waals surface area contributed by atoms with Gasteiger partial charge in [-0.15, -0.1) is 11.3 Å². The van der Waals surface area contributed by atoms with Gasteiger partial charge in [-0.1, -0.05) is 11.2 Å². The average Bonchev–Trinajstić information content (AvgIpc) is 3.18. The summed E-state index contributed by atoms with van der Waals surface area (Å²) in [6, 6.07) is 4.05. The van der Waals surface area contributed by atoms with Gasteiger partial charge in [-0.3, -0.25) is 4.79 Å². The predicted molar refractivity (Wildman–Crippen MR) is 82.3 cm³/mol. The van der Waals surface area contributed by atoms with Crippen LogP contribution in [0.5, 0.6) is 0 Å². The van der Waals surface area contributed by atoms with Gasteiger partial charge in [-0.05, 0) is 37.1 Å². The third kappa shape index (κ3) is 3.92. The lowest BCUT2D eigenvalue weighted by molar-refractivity contribution is -0.122. The lowest BCUT2D eigenvalue weighted by Crippen LogP contribution is -2.38. The van der Waals surface area contributed by atoms with Crippen LogP contribution in [0.25, 0.3) is 10.7 Å². The largest absolute Gasteiger partial charge is 0.393 e. The zero-order valence-corrected chi connectivity index (χ0v) is 13.0. The first-order chi connectivity index (χ1) is 10.7. The highest BCUT2D eigenvalue weighted by Crippen LogP contribution is 2.21. The molecule has 2 aromatic rings. The molecular formula is C15H19N3O3S. The van der Waals surface area contributed by atoms with Gasteiger partial charge in [0, 0.05) is 18.9 Å². The van der Waals surface area contributed by atoms with E-state index in [1.165, 1.54) is 0 Å². The molecule has 6 nitrogen and oxygen atoms in total. The van der Waals surface area contributed by atoms with Gasteiger partial charge in [0.05, 0.1) is 11.0 Å². The first-order valence-corrected chi connectivity index (χ1v) is 8.42. The Morgan fingerprint density at radius 3 is 2.95 bits per heavy atom. The summed E-state index contributed by atoms with van der Waals surface area (Å²) in [5, 5.41) is 18.3. The van der Waals surface area contributed by atoms with Crippen LogP contribution < -0.4 is 5.32 Å². The molecule has 0 unspecified atom stereocenters. The van der Waals surface area contributed by atoms with Crippen LogP contribution in [0.2, 0.25) is 0 Å². The fourth-order valence-corrected chi connectivity index (χ4v) is 3.25. The fourth-order valence-electron chi connectivity index (χ4n) is 2.60. The SMILES string of the molecule is O=C(CCc1nc(-c2cccs2)no1)NC1CCC(O)CC1. The number of aliphatic hydroxyl groups excluding tert-OH is 1. The number of thiophene rings is 1. The second kappa shape index (κ2) is 7.02. The van der Waals surface area contributed by atoms with Gasteiger partial charge in [0.1, 0.15) is 0 Å². The Balaban J connectivity index is 1.45. The molecule has 0 atom stereocenters. The molecule has 1 saturated carbocycles. The van der Waals surface area contributed by atoms with Crippen LogP contribution in [0.3, 0.4) is 0 Å². The Morgan fingerprint density at radius 2 is 2.23 bits per heavy atom. The number of nitrogens with one attached hydrogen (secondary N) is 1. The minimum atomic E-state index is -0.206. The second-order valence-corrected chi connectivity index (χ2v) is 6.51. The van der Waals surface area contributed by atoms with Gasteiger partial charge in [0.25, 0.3) is 0 Å². The third-order valence-electron chi connectivity index (χ3n) is 3.84. The molecule has 22 heavy (non-hydrogen) atoms. The number of aryl methyl sites for hydroxylation is 1. The summed E-state index contributed by atoms with van der Waals surface area (Å²) in [6.45, 7) is 0. The molecule has 0 radical (unpaired) electrons. The van der Waals surface area contributed by atoms with Crippen LogP contribution in [0.1, 0.15) is 38.0 Å². The van der Waals surface area contributed by atoms with E-state index < -0.39 is 0 Å². The molecule has 3 rings (SSSR count). The smallest absolute Gasteiger partial charge is 0.227 e. The molecule has 118 valence electrons. The van der Waals surface area contributed by atoms with Crippen LogP contribution in [-0.2, 0) is 11.2 Å². The molecule has 2 heterocycles. The van der Waals surface area contributed by atoms with Crippen molar-refractivity contribution >= 4 is 17.2 Å². The van der Waals surface area contributed by atoms with E-state index in [2.05, 4.69) is 15.5 Å². The molecule has 1 aliphatic carbocycles. The number of amides is 1. The third-order valence-corrected chi connectivity index (χ3v) is 4.70. The average molecular weight is 321 g/mol. The summed E-state index contributed by atoms with van der Waals surface area (Å²) in [7, 11) is 0. The quantitative estimate of drug-likeness (QED) is 0.881. The molecule has 0 aliphatic heterocycles. The molecular weight excluding hydrogens is 302 g/mol. The van der Waals surface area contributed by atoms with E-state index in [9.17, 15) is 9.90 Å². The number of aromatic nitrogens is 2. The van der Waals surface area contributed by atoms with Crippen molar-refractivity contribution < 1.29 is 14.4 Å². The van der Waals surface area contributed by atoms with Crippen molar-refractivity contribution in [1.82, 2.24) is 15.5 Å². The Kier molecular flexibility index (Phi) is 4.84. The van der Waals surface area contributed by atoms with Crippen LogP contribution in [0, 0.1) is 0 Å². The number of nitrogens with zero attached hydrogens (tertiary/aromatic N) is 2. The number of carbonyl (C=O) groups excluding carboxylic acids is 1. The zero-order chi connectivity index (χ0) is 15.4. The maximum absolute atomic E-state index is 11.9. The van der Waals surface area contributed by atoms with Gasteiger partial charge in [-0.2, -0.15) is 4.98 Å². The molecule has 1 amide bonds. The van der Waals surface area contributed by atoms with Gasteiger partial charge >= 0.3 is 0 Å². The van der Waals surface area contributed by atoms with Gasteiger partial charge in [0.15, 0.2) is 0 Å². The number of rotatable bonds is 5. The van der Waals surface area contributed by atoms with E-state index in [0.717, 1.165) is 30.6 Å². The highest BCUT2D eigenvalue weighted by atomic mass is 32.1. The van der Waals surface area contributed by atoms with Crippen molar-refractivity contribution in [1.29, 1.82) is 0 Å². The van der Waals surface area contributed by atoms with Crippen LogP contribution in [-0.4, -0.2) is 33.3 Å². The van der Waals surface area contributed by atoms with Crippen molar-refractivity contribution in [3.05, 3.63) is 23.4 Å². The second-order valence-electron chi connectivity index (χ2n) is 5.56. The van der Waals surface area contributed by atoms with Crippen molar-refractivity contribution in [3.8, 4) is 10.7 Å². The molecule has 0 aromatic carbocycles. The van der Waals surface area contributed by atoms with Crippen molar-refractivity contribution in [2.45, 2.75) is 50.7 Å². The lowest BCUT2D eigenvalue weighted by atomic mass is 9.93. The normalized spacial score (nSPS) is 21.7. The molecule has 0 bridgehead atoms. The lowest BCUT2D eigenvalue weighted by Gasteiger charge is -2.26. The maximum Gasteiger partial charge on any atom is 0.227 e. The van der Waals surface area contributed by atoms with E-state index in [4.69, 9.17) is 4.52 Å². The molecule has 0 spiro atoms. The van der Waals surface area contributed by atoms with Crippen LogP contribution in [0.15, 0.2) is 22.0 Å². The predicted octanol–water partition coefficient (Wildman–Crippen LogP) is 2.15. The van der Waals surface area contributed by atoms with E-state index in [1.54, 1.807) is 11.3 Å². The summed E-state index contributed by atoms with van der Waals surface area (Å²) >= 11 is 1.55. The highest BCUT2D eigenvalue weighted by Gasteiger charge is 2.21. The van der Waals surface area contributed by atoms with Crippen LogP contribution >= 0.6 is 11.3 Å². The summed E-state index contributed by atoms with van der Waals surface area (Å²) in [5.74, 6) is 1.06.